The minimum absolute atomic E-state index is 0.0756. The van der Waals surface area contributed by atoms with Gasteiger partial charge in [0.15, 0.2) is 5.78 Å². The maximum atomic E-state index is 12.7. The Labute approximate surface area is 127 Å². The van der Waals surface area contributed by atoms with Crippen molar-refractivity contribution in [3.05, 3.63) is 16.4 Å². The average molecular weight is 345 g/mol. The first-order valence-electron chi connectivity index (χ1n) is 6.70. The Morgan fingerprint density at radius 2 is 2.35 bits per heavy atom. The van der Waals surface area contributed by atoms with Gasteiger partial charge >= 0.3 is 0 Å². The number of aromatic nitrogens is 2. The second-order valence-electron chi connectivity index (χ2n) is 5.27. The molecule has 2 unspecified atom stereocenters. The van der Waals surface area contributed by atoms with Gasteiger partial charge in [-0.05, 0) is 37.1 Å². The summed E-state index contributed by atoms with van der Waals surface area (Å²) in [5.41, 5.74) is 0.641. The molecule has 1 N–H and O–H groups in total. The number of hydrogen-bond donors (Lipinski definition) is 1. The molecule has 0 radical (unpaired) electrons. The minimum atomic E-state index is -0.147. The van der Waals surface area contributed by atoms with Crippen LogP contribution in [0, 0.1) is 5.92 Å². The number of carbonyl (C=O) groups is 1. The molecule has 0 amide bonds. The van der Waals surface area contributed by atoms with Crippen molar-refractivity contribution in [2.24, 2.45) is 5.92 Å². The minimum Gasteiger partial charge on any atom is -0.379 e. The number of halogens is 1. The molecule has 1 aliphatic rings. The number of nitrogens with one attached hydrogen (secondary N) is 1. The summed E-state index contributed by atoms with van der Waals surface area (Å²) in [6.07, 6.45) is 1.69. The molecule has 2 heterocycles. The Kier molecular flexibility index (Phi) is 5.31. The van der Waals surface area contributed by atoms with E-state index in [1.54, 1.807) is 10.9 Å². The van der Waals surface area contributed by atoms with Crippen LogP contribution in [0.4, 0.5) is 0 Å². The van der Waals surface area contributed by atoms with Crippen LogP contribution >= 0.6 is 15.9 Å². The summed E-state index contributed by atoms with van der Waals surface area (Å²) in [5.74, 6) is -0.0592. The number of nitrogens with zero attached hydrogens (tertiary/aromatic N) is 3. The summed E-state index contributed by atoms with van der Waals surface area (Å²) in [6, 6.07) is 0.0756. The van der Waals surface area contributed by atoms with Crippen molar-refractivity contribution < 1.29 is 9.53 Å². The quantitative estimate of drug-likeness (QED) is 0.767. The molecule has 2 rings (SSSR count). The topological polar surface area (TPSA) is 59.4 Å². The first-order valence-corrected chi connectivity index (χ1v) is 7.49. The summed E-state index contributed by atoms with van der Waals surface area (Å²) < 4.78 is 7.95. The fraction of sp³-hybridized carbons (Fsp3) is 0.692. The smallest absolute Gasteiger partial charge is 0.189 e. The number of ketones is 1. The van der Waals surface area contributed by atoms with Crippen molar-refractivity contribution in [1.29, 1.82) is 0 Å². The highest BCUT2D eigenvalue weighted by atomic mass is 79.9. The van der Waals surface area contributed by atoms with Crippen molar-refractivity contribution in [1.82, 2.24) is 20.0 Å². The molecule has 1 aromatic rings. The first kappa shape index (κ1) is 15.6. The van der Waals surface area contributed by atoms with E-state index >= 15 is 0 Å². The summed E-state index contributed by atoms with van der Waals surface area (Å²) in [4.78, 5) is 14.8. The molecule has 0 aromatic carbocycles. The standard InChI is InChI=1S/C13H21BrN4O2/c1-15-11-8-20-7-9(11)13(19)12-10(14)6-16-18(12)5-4-17(2)3/h6,9,11,15H,4-5,7-8H2,1-3H3. The number of likely N-dealkylation sites (N-methyl/N-ethyl adjacent to an activating group) is 2. The van der Waals surface area contributed by atoms with Crippen molar-refractivity contribution >= 4 is 21.7 Å². The van der Waals surface area contributed by atoms with Gasteiger partial charge in [0, 0.05) is 12.6 Å². The molecule has 0 aliphatic carbocycles. The summed E-state index contributed by atoms with van der Waals surface area (Å²) >= 11 is 3.43. The zero-order valence-corrected chi connectivity index (χ0v) is 13.7. The number of ether oxygens (including phenoxy) is 1. The third-order valence-electron chi connectivity index (χ3n) is 3.58. The predicted octanol–water partition coefficient (Wildman–Crippen LogP) is 0.624. The third-order valence-corrected chi connectivity index (χ3v) is 4.16. The van der Waals surface area contributed by atoms with Crippen LogP contribution in [0.5, 0.6) is 0 Å². The largest absolute Gasteiger partial charge is 0.379 e. The third kappa shape index (κ3) is 3.28. The zero-order chi connectivity index (χ0) is 14.7. The molecular weight excluding hydrogens is 324 g/mol. The maximum absolute atomic E-state index is 12.7. The molecule has 0 bridgehead atoms. The Morgan fingerprint density at radius 1 is 1.60 bits per heavy atom. The van der Waals surface area contributed by atoms with E-state index in [0.29, 0.717) is 25.5 Å². The molecule has 0 spiro atoms. The zero-order valence-electron chi connectivity index (χ0n) is 12.1. The van der Waals surface area contributed by atoms with Crippen LogP contribution in [0.25, 0.3) is 0 Å². The van der Waals surface area contributed by atoms with E-state index in [2.05, 4.69) is 31.2 Å². The van der Waals surface area contributed by atoms with E-state index in [4.69, 9.17) is 4.74 Å². The number of hydrogen-bond acceptors (Lipinski definition) is 5. The molecule has 1 saturated heterocycles. The van der Waals surface area contributed by atoms with Crippen LogP contribution in [-0.4, -0.2) is 67.4 Å². The van der Waals surface area contributed by atoms with Crippen LogP contribution in [0.1, 0.15) is 10.5 Å². The van der Waals surface area contributed by atoms with Gasteiger partial charge in [0.05, 0.1) is 36.3 Å². The summed E-state index contributed by atoms with van der Waals surface area (Å²) in [7, 11) is 5.86. The van der Waals surface area contributed by atoms with Gasteiger partial charge in [-0.3, -0.25) is 9.48 Å². The van der Waals surface area contributed by atoms with Crippen LogP contribution < -0.4 is 5.32 Å². The van der Waals surface area contributed by atoms with E-state index in [1.807, 2.05) is 21.1 Å². The molecule has 1 aliphatic heterocycles. The number of carbonyl (C=O) groups excluding carboxylic acids is 1. The highest BCUT2D eigenvalue weighted by molar-refractivity contribution is 9.10. The lowest BCUT2D eigenvalue weighted by molar-refractivity contribution is 0.0879. The molecule has 1 fully saturated rings. The second-order valence-corrected chi connectivity index (χ2v) is 6.13. The van der Waals surface area contributed by atoms with E-state index in [0.717, 1.165) is 11.0 Å². The fourth-order valence-electron chi connectivity index (χ4n) is 2.34. The monoisotopic (exact) mass is 344 g/mol. The van der Waals surface area contributed by atoms with Gasteiger partial charge in [0.2, 0.25) is 0 Å². The average Bonchev–Trinajstić information content (AvgIpc) is 3.01. The maximum Gasteiger partial charge on any atom is 0.189 e. The van der Waals surface area contributed by atoms with Gasteiger partial charge in [0.25, 0.3) is 0 Å². The molecule has 2 atom stereocenters. The molecule has 112 valence electrons. The van der Waals surface area contributed by atoms with Crippen molar-refractivity contribution in [3.8, 4) is 0 Å². The van der Waals surface area contributed by atoms with Crippen molar-refractivity contribution in [2.45, 2.75) is 12.6 Å². The molecule has 0 saturated carbocycles. The Bertz CT molecular complexity index is 475. The predicted molar refractivity (Wildman–Crippen MR) is 80.0 cm³/mol. The van der Waals surface area contributed by atoms with E-state index in [-0.39, 0.29) is 17.7 Å². The molecule has 7 heteroatoms. The summed E-state index contributed by atoms with van der Waals surface area (Å²) in [6.45, 7) is 2.58. The van der Waals surface area contributed by atoms with Gasteiger partial charge in [-0.1, -0.05) is 0 Å². The van der Waals surface area contributed by atoms with E-state index in [1.165, 1.54) is 0 Å². The highest BCUT2D eigenvalue weighted by Gasteiger charge is 2.36. The van der Waals surface area contributed by atoms with Gasteiger partial charge < -0.3 is 15.0 Å². The SMILES string of the molecule is CNC1COCC1C(=O)c1c(Br)cnn1CCN(C)C. The number of rotatable bonds is 6. The molecule has 1 aromatic heterocycles. The second kappa shape index (κ2) is 6.80. The van der Waals surface area contributed by atoms with Gasteiger partial charge in [-0.15, -0.1) is 0 Å². The lowest BCUT2D eigenvalue weighted by Gasteiger charge is -2.17. The van der Waals surface area contributed by atoms with Crippen LogP contribution in [-0.2, 0) is 11.3 Å². The normalized spacial score (nSPS) is 22.6. The van der Waals surface area contributed by atoms with E-state index in [9.17, 15) is 4.79 Å². The van der Waals surface area contributed by atoms with Crippen LogP contribution in [0.15, 0.2) is 10.7 Å². The summed E-state index contributed by atoms with van der Waals surface area (Å²) in [5, 5.41) is 7.44. The van der Waals surface area contributed by atoms with Gasteiger partial charge in [0.1, 0.15) is 5.69 Å². The van der Waals surface area contributed by atoms with Crippen LogP contribution in [0.3, 0.4) is 0 Å². The van der Waals surface area contributed by atoms with E-state index < -0.39 is 0 Å². The number of Topliss-reactive ketones (excluding diaryl/α,β-unsaturated/α-hetero) is 1. The van der Waals surface area contributed by atoms with Crippen molar-refractivity contribution in [2.75, 3.05) is 40.9 Å². The molecule has 20 heavy (non-hydrogen) atoms. The lowest BCUT2D eigenvalue weighted by Crippen LogP contribution is -2.38. The Hall–Kier alpha value is -0.760. The Balaban J connectivity index is 2.18. The molecule has 6 nitrogen and oxygen atoms in total. The van der Waals surface area contributed by atoms with Gasteiger partial charge in [-0.25, -0.2) is 0 Å². The lowest BCUT2D eigenvalue weighted by atomic mass is 9.96. The van der Waals surface area contributed by atoms with Crippen LogP contribution in [0.2, 0.25) is 0 Å². The fourth-order valence-corrected chi connectivity index (χ4v) is 2.84. The van der Waals surface area contributed by atoms with Gasteiger partial charge in [-0.2, -0.15) is 5.10 Å². The molecular formula is C13H21BrN4O2. The van der Waals surface area contributed by atoms with Crippen molar-refractivity contribution in [3.63, 3.8) is 0 Å². The first-order chi connectivity index (χ1) is 9.54. The highest BCUT2D eigenvalue weighted by Crippen LogP contribution is 2.24. The Morgan fingerprint density at radius 3 is 3.00 bits per heavy atom.